The Bertz CT molecular complexity index is 285. The lowest BCUT2D eigenvalue weighted by molar-refractivity contribution is -0.138. The van der Waals surface area contributed by atoms with Gasteiger partial charge in [-0.1, -0.05) is 12.8 Å². The average Bonchev–Trinajstić information content (AvgIpc) is 2.25. The van der Waals surface area contributed by atoms with Gasteiger partial charge in [-0.15, -0.1) is 0 Å². The van der Waals surface area contributed by atoms with Crippen LogP contribution in [-0.4, -0.2) is 27.9 Å². The Morgan fingerprint density at radius 3 is 1.83 bits per heavy atom. The van der Waals surface area contributed by atoms with Gasteiger partial charge in [-0.25, -0.2) is 0 Å². The first-order chi connectivity index (χ1) is 8.43. The van der Waals surface area contributed by atoms with E-state index in [0.717, 1.165) is 19.3 Å². The van der Waals surface area contributed by atoms with Crippen molar-refractivity contribution >= 4 is 17.7 Å². The van der Waals surface area contributed by atoms with Crippen molar-refractivity contribution in [3.05, 3.63) is 0 Å². The second-order valence-electron chi connectivity index (χ2n) is 4.59. The van der Waals surface area contributed by atoms with E-state index in [4.69, 9.17) is 10.2 Å². The summed E-state index contributed by atoms with van der Waals surface area (Å²) in [4.78, 5) is 32.0. The highest BCUT2D eigenvalue weighted by Gasteiger charge is 2.14. The molecular formula is C13H22O5. The van der Waals surface area contributed by atoms with E-state index < -0.39 is 11.9 Å². The van der Waals surface area contributed by atoms with Gasteiger partial charge in [0, 0.05) is 18.8 Å². The second kappa shape index (κ2) is 9.62. The fourth-order valence-electron chi connectivity index (χ4n) is 1.89. The third-order valence-electron chi connectivity index (χ3n) is 2.96. The van der Waals surface area contributed by atoms with Gasteiger partial charge in [0.2, 0.25) is 0 Å². The van der Waals surface area contributed by atoms with Crippen LogP contribution < -0.4 is 0 Å². The van der Waals surface area contributed by atoms with Crippen LogP contribution in [0.3, 0.4) is 0 Å². The summed E-state index contributed by atoms with van der Waals surface area (Å²) >= 11 is 0. The maximum Gasteiger partial charge on any atom is 0.303 e. The number of carboxylic acids is 2. The Labute approximate surface area is 107 Å². The molecule has 0 heterocycles. The normalized spacial score (nSPS) is 12.1. The molecule has 0 spiro atoms. The third kappa shape index (κ3) is 9.81. The van der Waals surface area contributed by atoms with Crippen molar-refractivity contribution in [3.63, 3.8) is 0 Å². The second-order valence-corrected chi connectivity index (χ2v) is 4.59. The van der Waals surface area contributed by atoms with Crippen LogP contribution in [0.2, 0.25) is 0 Å². The van der Waals surface area contributed by atoms with Gasteiger partial charge < -0.3 is 10.2 Å². The highest BCUT2D eigenvalue weighted by molar-refractivity contribution is 5.78. The van der Waals surface area contributed by atoms with E-state index in [2.05, 4.69) is 0 Å². The van der Waals surface area contributed by atoms with Gasteiger partial charge in [0.1, 0.15) is 5.78 Å². The molecule has 0 radical (unpaired) electrons. The van der Waals surface area contributed by atoms with Gasteiger partial charge in [-0.3, -0.25) is 14.4 Å². The number of carbonyl (C=O) groups excluding carboxylic acids is 1. The zero-order valence-electron chi connectivity index (χ0n) is 10.9. The van der Waals surface area contributed by atoms with Gasteiger partial charge in [0.05, 0.1) is 0 Å². The van der Waals surface area contributed by atoms with Crippen LogP contribution in [-0.2, 0) is 14.4 Å². The number of aliphatic carboxylic acids is 2. The van der Waals surface area contributed by atoms with Crippen molar-refractivity contribution in [1.82, 2.24) is 0 Å². The van der Waals surface area contributed by atoms with Crippen LogP contribution >= 0.6 is 0 Å². The molecule has 0 aromatic carbocycles. The Balaban J connectivity index is 3.73. The summed E-state index contributed by atoms with van der Waals surface area (Å²) in [6, 6.07) is 0. The zero-order valence-corrected chi connectivity index (χ0v) is 10.9. The number of hydrogen-bond donors (Lipinski definition) is 2. The van der Waals surface area contributed by atoms with Crippen LogP contribution in [0.1, 0.15) is 58.3 Å². The fraction of sp³-hybridized carbons (Fsp3) is 0.769. The van der Waals surface area contributed by atoms with Crippen molar-refractivity contribution in [2.75, 3.05) is 0 Å². The number of unbranched alkanes of at least 4 members (excludes halogenated alkanes) is 2. The number of ketones is 1. The topological polar surface area (TPSA) is 91.7 Å². The first-order valence-corrected chi connectivity index (χ1v) is 6.37. The van der Waals surface area contributed by atoms with Crippen LogP contribution in [0.5, 0.6) is 0 Å². The van der Waals surface area contributed by atoms with E-state index in [1.165, 1.54) is 6.92 Å². The summed E-state index contributed by atoms with van der Waals surface area (Å²) in [5, 5.41) is 17.0. The van der Waals surface area contributed by atoms with Gasteiger partial charge in [-0.2, -0.15) is 0 Å². The first kappa shape index (κ1) is 16.6. The molecule has 0 aromatic heterocycles. The van der Waals surface area contributed by atoms with E-state index in [0.29, 0.717) is 19.3 Å². The van der Waals surface area contributed by atoms with Crippen molar-refractivity contribution in [1.29, 1.82) is 0 Å². The molecule has 0 aliphatic heterocycles. The number of hydrogen-bond acceptors (Lipinski definition) is 3. The highest BCUT2D eigenvalue weighted by atomic mass is 16.4. The highest BCUT2D eigenvalue weighted by Crippen LogP contribution is 2.18. The van der Waals surface area contributed by atoms with E-state index in [1.54, 1.807) is 0 Å². The summed E-state index contributed by atoms with van der Waals surface area (Å²) in [6.07, 6.45) is 4.39. The minimum Gasteiger partial charge on any atom is -0.481 e. The molecule has 0 aliphatic rings. The quantitative estimate of drug-likeness (QED) is 0.555. The number of carboxylic acid groups (broad SMARTS) is 2. The molecular weight excluding hydrogens is 236 g/mol. The molecule has 1 unspecified atom stereocenters. The first-order valence-electron chi connectivity index (χ1n) is 6.37. The molecule has 2 N–H and O–H groups in total. The largest absolute Gasteiger partial charge is 0.481 e. The summed E-state index contributed by atoms with van der Waals surface area (Å²) in [7, 11) is 0. The fourth-order valence-corrected chi connectivity index (χ4v) is 1.89. The number of rotatable bonds is 11. The van der Waals surface area contributed by atoms with Crippen molar-refractivity contribution in [2.24, 2.45) is 5.92 Å². The molecule has 0 aliphatic carbocycles. The Morgan fingerprint density at radius 2 is 1.33 bits per heavy atom. The lowest BCUT2D eigenvalue weighted by atomic mass is 9.92. The molecule has 5 heteroatoms. The molecule has 5 nitrogen and oxygen atoms in total. The van der Waals surface area contributed by atoms with Crippen LogP contribution in [0, 0.1) is 5.92 Å². The summed E-state index contributed by atoms with van der Waals surface area (Å²) in [6.45, 7) is 1.53. The summed E-state index contributed by atoms with van der Waals surface area (Å²) in [5.41, 5.74) is 0. The molecule has 18 heavy (non-hydrogen) atoms. The maximum absolute atomic E-state index is 11.4. The third-order valence-corrected chi connectivity index (χ3v) is 2.96. The van der Waals surface area contributed by atoms with Gasteiger partial charge in [0.25, 0.3) is 0 Å². The number of carbonyl (C=O) groups is 3. The van der Waals surface area contributed by atoms with Crippen LogP contribution in [0.4, 0.5) is 0 Å². The van der Waals surface area contributed by atoms with Gasteiger partial charge in [-0.05, 0) is 32.6 Å². The molecule has 0 rings (SSSR count). The predicted molar refractivity (Wildman–Crippen MR) is 66.4 cm³/mol. The van der Waals surface area contributed by atoms with Crippen LogP contribution in [0.25, 0.3) is 0 Å². The Hall–Kier alpha value is -1.39. The molecule has 0 amide bonds. The van der Waals surface area contributed by atoms with E-state index >= 15 is 0 Å². The molecule has 0 fully saturated rings. The Morgan fingerprint density at radius 1 is 0.833 bits per heavy atom. The predicted octanol–water partition coefficient (Wildman–Crippen LogP) is 2.48. The standard InChI is InChI=1S/C13H22O5/c1-10(14)11(7-5-9-13(17)18)6-3-2-4-8-12(15)16/h11H,2-9H2,1H3,(H,15,16)(H,17,18). The Kier molecular flexibility index (Phi) is 8.88. The molecule has 0 bridgehead atoms. The monoisotopic (exact) mass is 258 g/mol. The zero-order chi connectivity index (χ0) is 14.0. The summed E-state index contributed by atoms with van der Waals surface area (Å²) < 4.78 is 0. The maximum atomic E-state index is 11.4. The summed E-state index contributed by atoms with van der Waals surface area (Å²) in [5.74, 6) is -1.61. The molecule has 0 saturated carbocycles. The van der Waals surface area contributed by atoms with E-state index in [1.807, 2.05) is 0 Å². The molecule has 1 atom stereocenters. The van der Waals surface area contributed by atoms with Crippen molar-refractivity contribution in [2.45, 2.75) is 58.3 Å². The number of Topliss-reactive ketones (excluding diaryl/α,β-unsaturated/α-hetero) is 1. The van der Waals surface area contributed by atoms with E-state index in [-0.39, 0.29) is 24.5 Å². The lowest BCUT2D eigenvalue weighted by Gasteiger charge is -2.12. The van der Waals surface area contributed by atoms with Crippen molar-refractivity contribution in [3.8, 4) is 0 Å². The smallest absolute Gasteiger partial charge is 0.303 e. The van der Waals surface area contributed by atoms with Gasteiger partial charge >= 0.3 is 11.9 Å². The SMILES string of the molecule is CC(=O)C(CCCCCC(=O)O)CCCC(=O)O. The average molecular weight is 258 g/mol. The molecule has 104 valence electrons. The molecule has 0 aromatic rings. The van der Waals surface area contributed by atoms with E-state index in [9.17, 15) is 14.4 Å². The minimum atomic E-state index is -0.834. The van der Waals surface area contributed by atoms with Gasteiger partial charge in [0.15, 0.2) is 0 Å². The van der Waals surface area contributed by atoms with Crippen molar-refractivity contribution < 1.29 is 24.6 Å². The molecule has 0 saturated heterocycles. The minimum absolute atomic E-state index is 0.0748. The lowest BCUT2D eigenvalue weighted by Crippen LogP contribution is -2.11. The van der Waals surface area contributed by atoms with Crippen LogP contribution in [0.15, 0.2) is 0 Å².